The van der Waals surface area contributed by atoms with E-state index in [0.717, 1.165) is 12.8 Å². The molecule has 5 nitrogen and oxygen atoms in total. The third-order valence-corrected chi connectivity index (χ3v) is 4.24. The Morgan fingerprint density at radius 3 is 1.90 bits per heavy atom. The molecule has 1 amide bonds. The standard InChI is InChI=1S/C14H26BNO4/c1-11(2,3)18-10(17)16-14(8-9-14)15-19-12(4,5)13(6,7)20-15/h8-9H2,1-7H3,(H,16,17). The van der Waals surface area contributed by atoms with Crippen LogP contribution in [0.1, 0.15) is 61.3 Å². The van der Waals surface area contributed by atoms with E-state index in [1.165, 1.54) is 0 Å². The fraction of sp³-hybridized carbons (Fsp3) is 0.929. The van der Waals surface area contributed by atoms with Crippen molar-refractivity contribution in [2.24, 2.45) is 0 Å². The van der Waals surface area contributed by atoms with E-state index in [1.807, 2.05) is 48.5 Å². The Morgan fingerprint density at radius 1 is 1.10 bits per heavy atom. The van der Waals surface area contributed by atoms with Crippen molar-refractivity contribution in [1.29, 1.82) is 0 Å². The van der Waals surface area contributed by atoms with Gasteiger partial charge in [-0.15, -0.1) is 0 Å². The van der Waals surface area contributed by atoms with Crippen molar-refractivity contribution < 1.29 is 18.8 Å². The van der Waals surface area contributed by atoms with Gasteiger partial charge in [0.05, 0.1) is 16.6 Å². The van der Waals surface area contributed by atoms with Gasteiger partial charge in [0.15, 0.2) is 0 Å². The quantitative estimate of drug-likeness (QED) is 0.792. The van der Waals surface area contributed by atoms with Crippen LogP contribution in [0.4, 0.5) is 4.79 Å². The number of rotatable bonds is 2. The zero-order chi connectivity index (χ0) is 15.4. The number of hydrogen-bond acceptors (Lipinski definition) is 4. The Hall–Kier alpha value is -0.745. The zero-order valence-corrected chi connectivity index (χ0v) is 13.6. The van der Waals surface area contributed by atoms with E-state index < -0.39 is 24.3 Å². The van der Waals surface area contributed by atoms with Crippen LogP contribution in [0.3, 0.4) is 0 Å². The summed E-state index contributed by atoms with van der Waals surface area (Å²) in [6.45, 7) is 13.6. The van der Waals surface area contributed by atoms with E-state index in [1.54, 1.807) is 0 Å². The second-order valence-corrected chi connectivity index (χ2v) is 7.87. The molecule has 1 aliphatic heterocycles. The number of amides is 1. The summed E-state index contributed by atoms with van der Waals surface area (Å²) in [6.07, 6.45) is 1.29. The Balaban J connectivity index is 2.01. The normalized spacial score (nSPS) is 26.2. The number of ether oxygens (including phenoxy) is 1. The fourth-order valence-electron chi connectivity index (χ4n) is 2.13. The third-order valence-electron chi connectivity index (χ3n) is 4.24. The predicted molar refractivity (Wildman–Crippen MR) is 77.4 cm³/mol. The molecule has 0 spiro atoms. The molecule has 0 radical (unpaired) electrons. The van der Waals surface area contributed by atoms with Crippen LogP contribution >= 0.6 is 0 Å². The van der Waals surface area contributed by atoms with Gasteiger partial charge in [-0.05, 0) is 61.3 Å². The van der Waals surface area contributed by atoms with Gasteiger partial charge in [-0.1, -0.05) is 0 Å². The highest BCUT2D eigenvalue weighted by molar-refractivity contribution is 6.51. The van der Waals surface area contributed by atoms with E-state index in [9.17, 15) is 4.79 Å². The van der Waals surface area contributed by atoms with E-state index in [0.29, 0.717) is 0 Å². The third kappa shape index (κ3) is 2.96. The number of nitrogens with one attached hydrogen (secondary N) is 1. The van der Waals surface area contributed by atoms with Crippen molar-refractivity contribution in [3.8, 4) is 0 Å². The van der Waals surface area contributed by atoms with Crippen molar-refractivity contribution in [2.75, 3.05) is 0 Å². The Morgan fingerprint density at radius 2 is 1.55 bits per heavy atom. The monoisotopic (exact) mass is 283 g/mol. The van der Waals surface area contributed by atoms with Crippen molar-refractivity contribution in [3.63, 3.8) is 0 Å². The average molecular weight is 283 g/mol. The first-order chi connectivity index (χ1) is 8.87. The molecule has 6 heteroatoms. The smallest absolute Gasteiger partial charge is 0.444 e. The minimum absolute atomic E-state index is 0.386. The molecule has 1 saturated heterocycles. The molecule has 114 valence electrons. The maximum absolute atomic E-state index is 11.9. The van der Waals surface area contributed by atoms with E-state index in [2.05, 4.69) is 5.32 Å². The number of hydrogen-bond donors (Lipinski definition) is 1. The first-order valence-corrected chi connectivity index (χ1v) is 7.24. The van der Waals surface area contributed by atoms with Gasteiger partial charge in [-0.25, -0.2) is 4.79 Å². The Kier molecular flexibility index (Phi) is 3.42. The molecule has 0 unspecified atom stereocenters. The zero-order valence-electron chi connectivity index (χ0n) is 13.6. The van der Waals surface area contributed by atoms with Gasteiger partial charge in [0.2, 0.25) is 0 Å². The van der Waals surface area contributed by atoms with Gasteiger partial charge in [0.1, 0.15) is 5.60 Å². The number of carbonyl (C=O) groups is 1. The Bertz CT molecular complexity index is 394. The molecular weight excluding hydrogens is 257 g/mol. The molecule has 2 fully saturated rings. The molecule has 1 saturated carbocycles. The summed E-state index contributed by atoms with van der Waals surface area (Å²) in [6, 6.07) is 0. The summed E-state index contributed by atoms with van der Waals surface area (Å²) in [7, 11) is -0.417. The van der Waals surface area contributed by atoms with Gasteiger partial charge < -0.3 is 19.4 Å². The maximum atomic E-state index is 11.9. The molecule has 1 aliphatic carbocycles. The molecule has 1 heterocycles. The summed E-state index contributed by atoms with van der Waals surface area (Å²) in [5, 5.41) is 2.93. The van der Waals surface area contributed by atoms with Gasteiger partial charge >= 0.3 is 13.2 Å². The molecule has 20 heavy (non-hydrogen) atoms. The van der Waals surface area contributed by atoms with Crippen molar-refractivity contribution in [2.45, 2.75) is 83.5 Å². The van der Waals surface area contributed by atoms with E-state index >= 15 is 0 Å². The molecule has 0 bridgehead atoms. The molecule has 0 aromatic carbocycles. The topological polar surface area (TPSA) is 56.8 Å². The lowest BCUT2D eigenvalue weighted by molar-refractivity contribution is 0.00578. The number of carbonyl (C=O) groups excluding carboxylic acids is 1. The van der Waals surface area contributed by atoms with Crippen LogP contribution < -0.4 is 5.32 Å². The lowest BCUT2D eigenvalue weighted by Crippen LogP contribution is -2.51. The molecule has 0 atom stereocenters. The van der Waals surface area contributed by atoms with Crippen molar-refractivity contribution in [1.82, 2.24) is 5.32 Å². The molecule has 0 aromatic heterocycles. The van der Waals surface area contributed by atoms with Crippen LogP contribution in [0.5, 0.6) is 0 Å². The molecule has 0 aromatic rings. The first-order valence-electron chi connectivity index (χ1n) is 7.24. The van der Waals surface area contributed by atoms with Gasteiger partial charge in [-0.3, -0.25) is 0 Å². The highest BCUT2D eigenvalue weighted by Crippen LogP contribution is 2.47. The summed E-state index contributed by atoms with van der Waals surface area (Å²) < 4.78 is 17.4. The summed E-state index contributed by atoms with van der Waals surface area (Å²) >= 11 is 0. The van der Waals surface area contributed by atoms with E-state index in [-0.39, 0.29) is 11.2 Å². The highest BCUT2D eigenvalue weighted by atomic mass is 16.7. The summed E-state index contributed by atoms with van der Waals surface area (Å²) in [4.78, 5) is 11.9. The largest absolute Gasteiger partial charge is 0.485 e. The van der Waals surface area contributed by atoms with Gasteiger partial charge in [0.25, 0.3) is 0 Å². The molecular formula is C14H26BNO4. The SMILES string of the molecule is CC(C)(C)OC(=O)NC1(B2OC(C)(C)C(C)(C)O2)CC1. The molecule has 2 rings (SSSR count). The maximum Gasteiger partial charge on any atom is 0.485 e. The summed E-state index contributed by atoms with van der Waals surface area (Å²) in [5.74, 6) is 0. The van der Waals surface area contributed by atoms with Crippen LogP contribution in [-0.4, -0.2) is 35.5 Å². The van der Waals surface area contributed by atoms with Crippen molar-refractivity contribution in [3.05, 3.63) is 0 Å². The Labute approximate surface area is 121 Å². The molecule has 1 N–H and O–H groups in total. The van der Waals surface area contributed by atoms with Crippen LogP contribution in [0, 0.1) is 0 Å². The van der Waals surface area contributed by atoms with Crippen LogP contribution in [0.25, 0.3) is 0 Å². The minimum Gasteiger partial charge on any atom is -0.444 e. The van der Waals surface area contributed by atoms with Gasteiger partial charge in [-0.2, -0.15) is 0 Å². The second kappa shape index (κ2) is 4.37. The van der Waals surface area contributed by atoms with Crippen LogP contribution in [0.15, 0.2) is 0 Å². The van der Waals surface area contributed by atoms with Crippen molar-refractivity contribution >= 4 is 13.2 Å². The van der Waals surface area contributed by atoms with Gasteiger partial charge in [0, 0.05) is 0 Å². The highest BCUT2D eigenvalue weighted by Gasteiger charge is 2.65. The first kappa shape index (κ1) is 15.6. The lowest BCUT2D eigenvalue weighted by Gasteiger charge is -2.32. The van der Waals surface area contributed by atoms with Crippen LogP contribution in [-0.2, 0) is 14.0 Å². The minimum atomic E-state index is -0.504. The summed E-state index contributed by atoms with van der Waals surface area (Å²) in [5.41, 5.74) is -1.71. The van der Waals surface area contributed by atoms with E-state index in [4.69, 9.17) is 14.0 Å². The number of alkyl carbamates (subject to hydrolysis) is 1. The van der Waals surface area contributed by atoms with Crippen LogP contribution in [0.2, 0.25) is 0 Å². The second-order valence-electron chi connectivity index (χ2n) is 7.87. The molecule has 2 aliphatic rings. The fourth-order valence-corrected chi connectivity index (χ4v) is 2.13. The lowest BCUT2D eigenvalue weighted by atomic mass is 9.75. The average Bonchev–Trinajstić information content (AvgIpc) is 2.88. The predicted octanol–water partition coefficient (Wildman–Crippen LogP) is 2.68.